The summed E-state index contributed by atoms with van der Waals surface area (Å²) in [6, 6.07) is 11.7. The molecule has 0 bridgehead atoms. The minimum atomic E-state index is -2.21. The molecular formula is C22H20N2O7. The summed E-state index contributed by atoms with van der Waals surface area (Å²) in [7, 11) is 0. The molecule has 4 unspecified atom stereocenters. The highest BCUT2D eigenvalue weighted by atomic mass is 16.4. The molecule has 2 heterocycles. The zero-order valence-electron chi connectivity index (χ0n) is 16.5. The molecule has 2 aliphatic heterocycles. The van der Waals surface area contributed by atoms with Gasteiger partial charge in [0.25, 0.3) is 0 Å². The summed E-state index contributed by atoms with van der Waals surface area (Å²) in [5.41, 5.74) is -1.04. The van der Waals surface area contributed by atoms with Crippen LogP contribution in [0.4, 0.5) is 5.69 Å². The molecule has 2 aliphatic rings. The van der Waals surface area contributed by atoms with E-state index < -0.39 is 53.6 Å². The fourth-order valence-electron chi connectivity index (χ4n) is 4.75. The largest absolute Gasteiger partial charge is 0.508 e. The van der Waals surface area contributed by atoms with Crippen molar-refractivity contribution in [3.63, 3.8) is 0 Å². The maximum atomic E-state index is 13.5. The van der Waals surface area contributed by atoms with Crippen molar-refractivity contribution in [3.8, 4) is 5.75 Å². The first-order valence-corrected chi connectivity index (χ1v) is 9.63. The Morgan fingerprint density at radius 2 is 1.68 bits per heavy atom. The van der Waals surface area contributed by atoms with Crippen LogP contribution >= 0.6 is 0 Å². The molecular weight excluding hydrogens is 404 g/mol. The number of phenolic OH excluding ortho intramolecular Hbond substituents is 1. The molecule has 0 aliphatic carbocycles. The van der Waals surface area contributed by atoms with E-state index in [9.17, 15) is 34.5 Å². The summed E-state index contributed by atoms with van der Waals surface area (Å²) >= 11 is 0. The Kier molecular flexibility index (Phi) is 4.78. The Labute approximate surface area is 176 Å². The van der Waals surface area contributed by atoms with E-state index in [4.69, 9.17) is 0 Å². The molecule has 0 spiro atoms. The van der Waals surface area contributed by atoms with Crippen LogP contribution in [-0.4, -0.2) is 44.6 Å². The quantitative estimate of drug-likeness (QED) is 0.528. The third kappa shape index (κ3) is 2.97. The molecule has 31 heavy (non-hydrogen) atoms. The smallest absolute Gasteiger partial charge is 0.325 e. The Bertz CT molecular complexity index is 1110. The highest BCUT2D eigenvalue weighted by Crippen LogP contribution is 2.52. The van der Waals surface area contributed by atoms with Crippen LogP contribution < -0.4 is 10.2 Å². The first kappa shape index (κ1) is 20.5. The molecule has 0 aromatic heterocycles. The van der Waals surface area contributed by atoms with Gasteiger partial charge < -0.3 is 15.3 Å². The van der Waals surface area contributed by atoms with Crippen molar-refractivity contribution >= 4 is 29.4 Å². The lowest BCUT2D eigenvalue weighted by atomic mass is 9.77. The molecule has 160 valence electrons. The number of carboxylic acids is 2. The standard InChI is InChI=1S/C22H20N2O7/c1-11-6-2-4-8-13(11)24-19(28)16-17(20(24)29)22(21(30)31,10-15(26)27)23-18(16)12-7-3-5-9-14(12)25/h2-9,16-18,23,25H,10H2,1H3,(H,26,27)(H,30,31). The number of carbonyl (C=O) groups is 4. The molecule has 0 saturated carbocycles. The van der Waals surface area contributed by atoms with Crippen molar-refractivity contribution in [2.24, 2.45) is 11.8 Å². The maximum absolute atomic E-state index is 13.5. The number of carbonyl (C=O) groups excluding carboxylic acids is 2. The number of aromatic hydroxyl groups is 1. The number of benzene rings is 2. The predicted molar refractivity (Wildman–Crippen MR) is 107 cm³/mol. The van der Waals surface area contributed by atoms with Crippen LogP contribution in [0, 0.1) is 18.8 Å². The predicted octanol–water partition coefficient (Wildman–Crippen LogP) is 1.45. The molecule has 2 aromatic carbocycles. The number of rotatable bonds is 5. The maximum Gasteiger partial charge on any atom is 0.325 e. The van der Waals surface area contributed by atoms with Gasteiger partial charge in [0.05, 0.1) is 23.9 Å². The monoisotopic (exact) mass is 424 g/mol. The average molecular weight is 424 g/mol. The van der Waals surface area contributed by atoms with E-state index in [0.29, 0.717) is 11.3 Å². The zero-order valence-corrected chi connectivity index (χ0v) is 16.5. The van der Waals surface area contributed by atoms with Crippen molar-refractivity contribution in [2.45, 2.75) is 24.9 Å². The van der Waals surface area contributed by atoms with Gasteiger partial charge in [-0.25, -0.2) is 4.90 Å². The van der Waals surface area contributed by atoms with Crippen LogP contribution in [-0.2, 0) is 19.2 Å². The van der Waals surface area contributed by atoms with E-state index in [1.165, 1.54) is 12.1 Å². The number of nitrogens with zero attached hydrogens (tertiary/aromatic N) is 1. The number of nitrogens with one attached hydrogen (secondary N) is 1. The highest BCUT2D eigenvalue weighted by Gasteiger charge is 2.69. The molecule has 9 nitrogen and oxygen atoms in total. The van der Waals surface area contributed by atoms with Gasteiger partial charge in [-0.15, -0.1) is 0 Å². The number of phenols is 1. The van der Waals surface area contributed by atoms with Crippen molar-refractivity contribution < 1.29 is 34.5 Å². The third-order valence-corrected chi connectivity index (χ3v) is 6.09. The van der Waals surface area contributed by atoms with E-state index >= 15 is 0 Å². The van der Waals surface area contributed by atoms with Crippen molar-refractivity contribution in [2.75, 3.05) is 4.90 Å². The molecule has 2 fully saturated rings. The van der Waals surface area contributed by atoms with Crippen LogP contribution in [0.3, 0.4) is 0 Å². The van der Waals surface area contributed by atoms with Crippen molar-refractivity contribution in [1.29, 1.82) is 0 Å². The summed E-state index contributed by atoms with van der Waals surface area (Å²) in [6.07, 6.45) is -0.909. The number of aliphatic carboxylic acids is 2. The number of para-hydroxylation sites is 2. The topological polar surface area (TPSA) is 144 Å². The fraction of sp³-hybridized carbons (Fsp3) is 0.273. The van der Waals surface area contributed by atoms with Gasteiger partial charge in [-0.05, 0) is 24.6 Å². The SMILES string of the molecule is Cc1ccccc1N1C(=O)C2C(c3ccccc3O)NC(CC(=O)O)(C(=O)O)C2C1=O. The van der Waals surface area contributed by atoms with Gasteiger partial charge in [0.1, 0.15) is 11.3 Å². The van der Waals surface area contributed by atoms with Gasteiger partial charge in [-0.2, -0.15) is 0 Å². The third-order valence-electron chi connectivity index (χ3n) is 6.09. The van der Waals surface area contributed by atoms with E-state index in [2.05, 4.69) is 5.32 Å². The Morgan fingerprint density at radius 1 is 1.03 bits per heavy atom. The number of carboxylic acid groups (broad SMARTS) is 2. The number of fused-ring (bicyclic) bond motifs is 1. The van der Waals surface area contributed by atoms with Crippen LogP contribution in [0.5, 0.6) is 5.75 Å². The van der Waals surface area contributed by atoms with Gasteiger partial charge in [0, 0.05) is 11.6 Å². The molecule has 2 amide bonds. The minimum Gasteiger partial charge on any atom is -0.508 e. The molecule has 9 heteroatoms. The number of hydrogen-bond acceptors (Lipinski definition) is 6. The molecule has 2 saturated heterocycles. The number of amides is 2. The lowest BCUT2D eigenvalue weighted by Crippen LogP contribution is -2.57. The summed E-state index contributed by atoms with van der Waals surface area (Å²) in [6.45, 7) is 1.71. The normalized spacial score (nSPS) is 27.4. The van der Waals surface area contributed by atoms with Gasteiger partial charge in [-0.3, -0.25) is 24.5 Å². The van der Waals surface area contributed by atoms with Gasteiger partial charge >= 0.3 is 11.9 Å². The lowest BCUT2D eigenvalue weighted by molar-refractivity contribution is -0.154. The van der Waals surface area contributed by atoms with Crippen LogP contribution in [0.2, 0.25) is 0 Å². The van der Waals surface area contributed by atoms with Gasteiger partial charge in [0.2, 0.25) is 11.8 Å². The lowest BCUT2D eigenvalue weighted by Gasteiger charge is -2.30. The van der Waals surface area contributed by atoms with E-state index in [0.717, 1.165) is 4.90 Å². The summed E-state index contributed by atoms with van der Waals surface area (Å²) in [5.74, 6) is -7.24. The fourth-order valence-corrected chi connectivity index (χ4v) is 4.75. The summed E-state index contributed by atoms with van der Waals surface area (Å²) in [5, 5.41) is 32.6. The molecule has 4 atom stereocenters. The Hall–Kier alpha value is -3.72. The molecule has 4 rings (SSSR count). The Morgan fingerprint density at radius 3 is 2.29 bits per heavy atom. The minimum absolute atomic E-state index is 0.190. The second-order valence-corrected chi connectivity index (χ2v) is 7.83. The van der Waals surface area contributed by atoms with Gasteiger partial charge in [-0.1, -0.05) is 36.4 Å². The van der Waals surface area contributed by atoms with Crippen molar-refractivity contribution in [3.05, 3.63) is 59.7 Å². The van der Waals surface area contributed by atoms with E-state index in [1.54, 1.807) is 43.3 Å². The first-order chi connectivity index (χ1) is 14.7. The number of imide groups is 1. The zero-order chi connectivity index (χ0) is 22.5. The molecule has 0 radical (unpaired) electrons. The average Bonchev–Trinajstić information content (AvgIpc) is 3.17. The van der Waals surface area contributed by atoms with Crippen LogP contribution in [0.1, 0.15) is 23.6 Å². The molecule has 4 N–H and O–H groups in total. The highest BCUT2D eigenvalue weighted by molar-refractivity contribution is 6.24. The van der Waals surface area contributed by atoms with Gasteiger partial charge in [0.15, 0.2) is 0 Å². The van der Waals surface area contributed by atoms with Crippen LogP contribution in [0.25, 0.3) is 0 Å². The number of aryl methyl sites for hydroxylation is 1. The van der Waals surface area contributed by atoms with Crippen LogP contribution in [0.15, 0.2) is 48.5 Å². The number of anilines is 1. The van der Waals surface area contributed by atoms with Crippen molar-refractivity contribution in [1.82, 2.24) is 5.32 Å². The molecule has 2 aromatic rings. The van der Waals surface area contributed by atoms with E-state index in [1.807, 2.05) is 0 Å². The number of hydrogen-bond donors (Lipinski definition) is 4. The first-order valence-electron chi connectivity index (χ1n) is 9.63. The summed E-state index contributed by atoms with van der Waals surface area (Å²) in [4.78, 5) is 51.8. The second kappa shape index (κ2) is 7.21. The van der Waals surface area contributed by atoms with E-state index in [-0.39, 0.29) is 11.3 Å². The summed E-state index contributed by atoms with van der Waals surface area (Å²) < 4.78 is 0. The second-order valence-electron chi connectivity index (χ2n) is 7.83. The Balaban J connectivity index is 1.92.